The van der Waals surface area contributed by atoms with E-state index in [1.165, 1.54) is 22.2 Å². The molecule has 1 N–H and O–H groups in total. The van der Waals surface area contributed by atoms with Crippen LogP contribution in [0.25, 0.3) is 10.9 Å². The number of aromatic nitrogens is 1. The molecule has 0 spiro atoms. The Kier molecular flexibility index (Phi) is 3.81. The molecule has 0 bridgehead atoms. The van der Waals surface area contributed by atoms with Crippen molar-refractivity contribution in [3.63, 3.8) is 0 Å². The highest BCUT2D eigenvalue weighted by molar-refractivity contribution is 5.82. The summed E-state index contributed by atoms with van der Waals surface area (Å²) in [4.78, 5) is 2.55. The number of benzene rings is 1. The van der Waals surface area contributed by atoms with Crippen molar-refractivity contribution < 1.29 is 0 Å². The molecule has 0 amide bonds. The predicted octanol–water partition coefficient (Wildman–Crippen LogP) is 2.94. The highest BCUT2D eigenvalue weighted by Gasteiger charge is 2.16. The molecule has 0 atom stereocenters. The number of hydrogen-bond donors (Lipinski definition) is 1. The summed E-state index contributed by atoms with van der Waals surface area (Å²) in [6, 6.07) is 9.68. The molecule has 20 heavy (non-hydrogen) atoms. The lowest BCUT2D eigenvalue weighted by Gasteiger charge is -2.28. The first-order valence-electron chi connectivity index (χ1n) is 7.68. The van der Waals surface area contributed by atoms with Gasteiger partial charge in [-0.25, -0.2) is 0 Å². The van der Waals surface area contributed by atoms with Crippen LogP contribution in [-0.4, -0.2) is 35.6 Å². The zero-order chi connectivity index (χ0) is 14.1. The second-order valence-electron chi connectivity index (χ2n) is 6.19. The van der Waals surface area contributed by atoms with Crippen molar-refractivity contribution in [3.05, 3.63) is 35.5 Å². The summed E-state index contributed by atoms with van der Waals surface area (Å²) in [5.41, 5.74) is 4.16. The molecule has 1 saturated heterocycles. The Morgan fingerprint density at radius 2 is 1.90 bits per heavy atom. The molecule has 3 heteroatoms. The number of rotatable bonds is 3. The minimum absolute atomic E-state index is 0.508. The maximum Gasteiger partial charge on any atom is 0.0485 e. The lowest BCUT2D eigenvalue weighted by Crippen LogP contribution is -2.43. The van der Waals surface area contributed by atoms with E-state index in [0.29, 0.717) is 6.04 Å². The number of aryl methyl sites for hydroxylation is 1. The summed E-state index contributed by atoms with van der Waals surface area (Å²) in [5, 5.41) is 4.80. The molecular formula is C17H25N3. The van der Waals surface area contributed by atoms with Gasteiger partial charge in [0.15, 0.2) is 0 Å². The third-order valence-corrected chi connectivity index (χ3v) is 4.19. The molecular weight excluding hydrogens is 246 g/mol. The van der Waals surface area contributed by atoms with Crippen molar-refractivity contribution in [1.29, 1.82) is 0 Å². The van der Waals surface area contributed by atoms with Crippen LogP contribution in [0, 0.1) is 6.92 Å². The smallest absolute Gasteiger partial charge is 0.0485 e. The standard InChI is InChI=1S/C17H25N3/c1-13(2)20-16(12-19-8-6-18-7-9-19)11-15-10-14(3)4-5-17(15)20/h4-5,10-11,13,18H,6-9,12H2,1-3H3. The van der Waals surface area contributed by atoms with Crippen molar-refractivity contribution in [2.24, 2.45) is 0 Å². The van der Waals surface area contributed by atoms with Crippen molar-refractivity contribution in [2.75, 3.05) is 26.2 Å². The Morgan fingerprint density at radius 3 is 2.60 bits per heavy atom. The Balaban J connectivity index is 1.97. The van der Waals surface area contributed by atoms with E-state index in [1.807, 2.05) is 0 Å². The summed E-state index contributed by atoms with van der Waals surface area (Å²) >= 11 is 0. The van der Waals surface area contributed by atoms with Crippen LogP contribution >= 0.6 is 0 Å². The molecule has 0 aliphatic carbocycles. The monoisotopic (exact) mass is 271 g/mol. The van der Waals surface area contributed by atoms with Gasteiger partial charge in [-0.15, -0.1) is 0 Å². The van der Waals surface area contributed by atoms with Crippen LogP contribution in [0.3, 0.4) is 0 Å². The van der Waals surface area contributed by atoms with Gasteiger partial charge in [0.2, 0.25) is 0 Å². The highest BCUT2D eigenvalue weighted by Crippen LogP contribution is 2.26. The average molecular weight is 271 g/mol. The van der Waals surface area contributed by atoms with E-state index in [0.717, 1.165) is 32.7 Å². The highest BCUT2D eigenvalue weighted by atomic mass is 15.2. The first-order chi connectivity index (χ1) is 9.65. The van der Waals surface area contributed by atoms with E-state index in [2.05, 4.69) is 59.8 Å². The average Bonchev–Trinajstić information content (AvgIpc) is 2.76. The summed E-state index contributed by atoms with van der Waals surface area (Å²) in [5.74, 6) is 0. The van der Waals surface area contributed by atoms with Crippen LogP contribution in [-0.2, 0) is 6.54 Å². The SMILES string of the molecule is Cc1ccc2c(c1)cc(CN1CCNCC1)n2C(C)C. The molecule has 1 aliphatic heterocycles. The maximum atomic E-state index is 3.42. The molecule has 0 radical (unpaired) electrons. The predicted molar refractivity (Wildman–Crippen MR) is 85.2 cm³/mol. The fraction of sp³-hybridized carbons (Fsp3) is 0.529. The van der Waals surface area contributed by atoms with Gasteiger partial charge in [-0.2, -0.15) is 0 Å². The van der Waals surface area contributed by atoms with Gasteiger partial charge < -0.3 is 9.88 Å². The van der Waals surface area contributed by atoms with Gasteiger partial charge in [0, 0.05) is 55.4 Å². The van der Waals surface area contributed by atoms with Crippen LogP contribution in [0.4, 0.5) is 0 Å². The molecule has 2 heterocycles. The van der Waals surface area contributed by atoms with Gasteiger partial charge in [-0.3, -0.25) is 4.90 Å². The third kappa shape index (κ3) is 2.60. The summed E-state index contributed by atoms with van der Waals surface area (Å²) in [7, 11) is 0. The molecule has 0 saturated carbocycles. The zero-order valence-corrected chi connectivity index (χ0v) is 12.8. The number of hydrogen-bond acceptors (Lipinski definition) is 2. The van der Waals surface area contributed by atoms with E-state index < -0.39 is 0 Å². The Hall–Kier alpha value is -1.32. The van der Waals surface area contributed by atoms with E-state index in [-0.39, 0.29) is 0 Å². The van der Waals surface area contributed by atoms with E-state index in [9.17, 15) is 0 Å². The molecule has 2 aromatic rings. The second-order valence-corrected chi connectivity index (χ2v) is 6.19. The van der Waals surface area contributed by atoms with Gasteiger partial charge in [0.1, 0.15) is 0 Å². The quantitative estimate of drug-likeness (QED) is 0.926. The van der Waals surface area contributed by atoms with Gasteiger partial charge in [-0.1, -0.05) is 11.6 Å². The van der Waals surface area contributed by atoms with E-state index in [1.54, 1.807) is 0 Å². The minimum Gasteiger partial charge on any atom is -0.341 e. The lowest BCUT2D eigenvalue weighted by atomic mass is 10.2. The van der Waals surface area contributed by atoms with Crippen molar-refractivity contribution in [1.82, 2.24) is 14.8 Å². The third-order valence-electron chi connectivity index (χ3n) is 4.19. The summed E-state index contributed by atoms with van der Waals surface area (Å²) in [6.45, 7) is 12.3. The van der Waals surface area contributed by atoms with Crippen LogP contribution in [0.15, 0.2) is 24.3 Å². The molecule has 1 aliphatic rings. The second kappa shape index (κ2) is 5.58. The molecule has 0 unspecified atom stereocenters. The van der Waals surface area contributed by atoms with Crippen molar-refractivity contribution in [3.8, 4) is 0 Å². The van der Waals surface area contributed by atoms with E-state index >= 15 is 0 Å². The zero-order valence-electron chi connectivity index (χ0n) is 12.8. The first-order valence-corrected chi connectivity index (χ1v) is 7.68. The normalized spacial score (nSPS) is 17.2. The van der Waals surface area contributed by atoms with Crippen LogP contribution in [0.2, 0.25) is 0 Å². The van der Waals surface area contributed by atoms with Gasteiger partial charge in [0.05, 0.1) is 0 Å². The first kappa shape index (κ1) is 13.7. The topological polar surface area (TPSA) is 20.2 Å². The minimum atomic E-state index is 0.508. The number of piperazine rings is 1. The van der Waals surface area contributed by atoms with Crippen molar-refractivity contribution in [2.45, 2.75) is 33.4 Å². The van der Waals surface area contributed by atoms with Crippen LogP contribution < -0.4 is 5.32 Å². The Labute approximate surface area is 121 Å². The Bertz CT molecular complexity index is 592. The number of nitrogens with one attached hydrogen (secondary N) is 1. The van der Waals surface area contributed by atoms with Gasteiger partial charge >= 0.3 is 0 Å². The lowest BCUT2D eigenvalue weighted by molar-refractivity contribution is 0.227. The van der Waals surface area contributed by atoms with Crippen molar-refractivity contribution >= 4 is 10.9 Å². The molecule has 1 fully saturated rings. The van der Waals surface area contributed by atoms with Gasteiger partial charge in [0.25, 0.3) is 0 Å². The largest absolute Gasteiger partial charge is 0.341 e. The molecule has 3 rings (SSSR count). The van der Waals surface area contributed by atoms with Gasteiger partial charge in [-0.05, 0) is 39.0 Å². The Morgan fingerprint density at radius 1 is 1.15 bits per heavy atom. The number of nitrogens with zero attached hydrogens (tertiary/aromatic N) is 2. The number of fused-ring (bicyclic) bond motifs is 1. The summed E-state index contributed by atoms with van der Waals surface area (Å²) < 4.78 is 2.50. The molecule has 3 nitrogen and oxygen atoms in total. The molecule has 1 aromatic carbocycles. The van der Waals surface area contributed by atoms with Crippen LogP contribution in [0.1, 0.15) is 31.1 Å². The van der Waals surface area contributed by atoms with Crippen LogP contribution in [0.5, 0.6) is 0 Å². The molecule has 108 valence electrons. The van der Waals surface area contributed by atoms with E-state index in [4.69, 9.17) is 0 Å². The maximum absolute atomic E-state index is 3.42. The molecule has 1 aromatic heterocycles. The fourth-order valence-corrected chi connectivity index (χ4v) is 3.24. The summed E-state index contributed by atoms with van der Waals surface area (Å²) in [6.07, 6.45) is 0. The fourth-order valence-electron chi connectivity index (χ4n) is 3.24.